The van der Waals surface area contributed by atoms with Gasteiger partial charge < -0.3 is 14.9 Å². The smallest absolute Gasteiger partial charge is 0.335 e. The molecule has 1 fully saturated rings. The summed E-state index contributed by atoms with van der Waals surface area (Å²) in [6, 6.07) is 6.65. The monoisotopic (exact) mass is 265 g/mol. The average molecular weight is 265 g/mol. The van der Waals surface area contributed by atoms with Crippen molar-refractivity contribution in [2.24, 2.45) is 0 Å². The molecule has 19 heavy (non-hydrogen) atoms. The van der Waals surface area contributed by atoms with Gasteiger partial charge in [0.15, 0.2) is 0 Å². The minimum absolute atomic E-state index is 0.202. The Bertz CT molecular complexity index is 418. The van der Waals surface area contributed by atoms with Crippen molar-refractivity contribution >= 4 is 5.97 Å². The zero-order valence-corrected chi connectivity index (χ0v) is 10.8. The van der Waals surface area contributed by atoms with Gasteiger partial charge in [-0.25, -0.2) is 4.79 Å². The number of aliphatic hydroxyl groups is 1. The van der Waals surface area contributed by atoms with Gasteiger partial charge in [-0.3, -0.25) is 4.90 Å². The Morgan fingerprint density at radius 3 is 2.74 bits per heavy atom. The summed E-state index contributed by atoms with van der Waals surface area (Å²) in [7, 11) is 0. The summed E-state index contributed by atoms with van der Waals surface area (Å²) in [5.41, 5.74) is 0.257. The summed E-state index contributed by atoms with van der Waals surface area (Å²) in [5.74, 6) is -0.265. The van der Waals surface area contributed by atoms with Crippen LogP contribution in [0.25, 0.3) is 0 Å². The zero-order chi connectivity index (χ0) is 13.7. The molecule has 0 bridgehead atoms. The highest BCUT2D eigenvalue weighted by Gasteiger charge is 2.22. The second kappa shape index (κ2) is 6.54. The lowest BCUT2D eigenvalue weighted by atomic mass is 10.2. The predicted molar refractivity (Wildman–Crippen MR) is 70.6 cm³/mol. The van der Waals surface area contributed by atoms with E-state index in [0.717, 1.165) is 25.9 Å². The molecular weight excluding hydrogens is 246 g/mol. The molecule has 5 nitrogen and oxygen atoms in total. The van der Waals surface area contributed by atoms with E-state index in [1.54, 1.807) is 12.1 Å². The summed E-state index contributed by atoms with van der Waals surface area (Å²) in [5, 5.41) is 18.0. The van der Waals surface area contributed by atoms with E-state index in [9.17, 15) is 9.90 Å². The van der Waals surface area contributed by atoms with Crippen LogP contribution in [-0.4, -0.2) is 53.4 Å². The van der Waals surface area contributed by atoms with Crippen LogP contribution in [-0.2, 0) is 0 Å². The van der Waals surface area contributed by atoms with Crippen LogP contribution in [0.15, 0.2) is 24.3 Å². The fourth-order valence-electron chi connectivity index (χ4n) is 2.37. The van der Waals surface area contributed by atoms with Gasteiger partial charge in [0.05, 0.1) is 12.2 Å². The van der Waals surface area contributed by atoms with E-state index in [-0.39, 0.29) is 18.2 Å². The van der Waals surface area contributed by atoms with Crippen molar-refractivity contribution in [3.8, 4) is 5.75 Å². The summed E-state index contributed by atoms with van der Waals surface area (Å²) in [6.45, 7) is 2.54. The van der Waals surface area contributed by atoms with Crippen LogP contribution in [0.1, 0.15) is 23.2 Å². The molecule has 1 aromatic rings. The zero-order valence-electron chi connectivity index (χ0n) is 10.8. The Kier molecular flexibility index (Phi) is 4.76. The first-order valence-electron chi connectivity index (χ1n) is 6.52. The molecule has 5 heteroatoms. The minimum atomic E-state index is -0.936. The number of hydrogen-bond donors (Lipinski definition) is 2. The molecule has 104 valence electrons. The van der Waals surface area contributed by atoms with Gasteiger partial charge in [0, 0.05) is 12.6 Å². The van der Waals surface area contributed by atoms with Gasteiger partial charge in [-0.05, 0) is 43.7 Å². The Hall–Kier alpha value is -1.59. The molecule has 1 atom stereocenters. The molecule has 1 unspecified atom stereocenters. The van der Waals surface area contributed by atoms with Crippen LogP contribution < -0.4 is 4.74 Å². The molecule has 0 spiro atoms. The number of benzene rings is 1. The van der Waals surface area contributed by atoms with E-state index < -0.39 is 5.97 Å². The summed E-state index contributed by atoms with van der Waals surface area (Å²) in [4.78, 5) is 12.9. The highest BCUT2D eigenvalue weighted by Crippen LogP contribution is 2.17. The lowest BCUT2D eigenvalue weighted by Gasteiger charge is -2.22. The van der Waals surface area contributed by atoms with Crippen LogP contribution in [0.4, 0.5) is 0 Å². The van der Waals surface area contributed by atoms with Crippen LogP contribution in [0.3, 0.4) is 0 Å². The van der Waals surface area contributed by atoms with Crippen molar-refractivity contribution in [1.29, 1.82) is 0 Å². The van der Waals surface area contributed by atoms with Gasteiger partial charge in [-0.1, -0.05) is 0 Å². The molecule has 0 amide bonds. The molecule has 1 aliphatic rings. The van der Waals surface area contributed by atoms with Crippen LogP contribution in [0.5, 0.6) is 5.75 Å². The number of ether oxygens (including phenoxy) is 1. The molecule has 0 aliphatic carbocycles. The lowest BCUT2D eigenvalue weighted by molar-refractivity contribution is 0.0697. The van der Waals surface area contributed by atoms with Crippen LogP contribution >= 0.6 is 0 Å². The molecule has 1 aromatic carbocycles. The van der Waals surface area contributed by atoms with Gasteiger partial charge in [0.25, 0.3) is 0 Å². The number of hydrogen-bond acceptors (Lipinski definition) is 4. The normalized spacial score (nSPS) is 19.5. The molecule has 0 saturated carbocycles. The lowest BCUT2D eigenvalue weighted by Crippen LogP contribution is -2.35. The molecule has 0 radical (unpaired) electrons. The third kappa shape index (κ3) is 3.68. The van der Waals surface area contributed by atoms with E-state index in [1.165, 1.54) is 12.1 Å². The summed E-state index contributed by atoms with van der Waals surface area (Å²) in [6.07, 6.45) is 2.17. The highest BCUT2D eigenvalue weighted by molar-refractivity contribution is 5.87. The highest BCUT2D eigenvalue weighted by atomic mass is 16.5. The number of aromatic carboxylic acids is 1. The van der Waals surface area contributed by atoms with Gasteiger partial charge in [-0.2, -0.15) is 0 Å². The molecule has 1 saturated heterocycles. The molecule has 2 rings (SSSR count). The Morgan fingerprint density at radius 1 is 1.37 bits per heavy atom. The van der Waals surface area contributed by atoms with Gasteiger partial charge in [-0.15, -0.1) is 0 Å². The standard InChI is InChI=1S/C14H19NO4/c16-10-12-2-1-7-15(12)8-9-19-13-5-3-11(4-6-13)14(17)18/h3-6,12,16H,1-2,7-10H2,(H,17,18). The van der Waals surface area contributed by atoms with Crippen molar-refractivity contribution in [3.05, 3.63) is 29.8 Å². The van der Waals surface area contributed by atoms with E-state index in [1.807, 2.05) is 0 Å². The average Bonchev–Trinajstić information content (AvgIpc) is 2.87. The van der Waals surface area contributed by atoms with Crippen molar-refractivity contribution < 1.29 is 19.7 Å². The Labute approximate surface area is 112 Å². The molecule has 0 aromatic heterocycles. The van der Waals surface area contributed by atoms with Crippen molar-refractivity contribution in [2.75, 3.05) is 26.3 Å². The number of carboxylic acids is 1. The third-order valence-corrected chi connectivity index (χ3v) is 3.46. The summed E-state index contributed by atoms with van der Waals surface area (Å²) < 4.78 is 5.58. The molecular formula is C14H19NO4. The maximum atomic E-state index is 10.7. The number of aliphatic hydroxyl groups excluding tert-OH is 1. The minimum Gasteiger partial charge on any atom is -0.492 e. The molecule has 1 heterocycles. The second-order valence-electron chi connectivity index (χ2n) is 4.69. The maximum Gasteiger partial charge on any atom is 0.335 e. The number of rotatable bonds is 6. The fourth-order valence-corrected chi connectivity index (χ4v) is 2.37. The fraction of sp³-hybridized carbons (Fsp3) is 0.500. The van der Waals surface area contributed by atoms with E-state index in [0.29, 0.717) is 12.4 Å². The van der Waals surface area contributed by atoms with Crippen LogP contribution in [0.2, 0.25) is 0 Å². The van der Waals surface area contributed by atoms with Crippen molar-refractivity contribution in [1.82, 2.24) is 4.90 Å². The molecule has 1 aliphatic heterocycles. The number of nitrogens with zero attached hydrogens (tertiary/aromatic N) is 1. The predicted octanol–water partition coefficient (Wildman–Crippen LogP) is 1.22. The van der Waals surface area contributed by atoms with Crippen LogP contribution in [0, 0.1) is 0 Å². The van der Waals surface area contributed by atoms with Gasteiger partial charge in [0.1, 0.15) is 12.4 Å². The first-order chi connectivity index (χ1) is 9.20. The number of likely N-dealkylation sites (tertiary alicyclic amines) is 1. The van der Waals surface area contributed by atoms with E-state index in [2.05, 4.69) is 4.90 Å². The first-order valence-corrected chi connectivity index (χ1v) is 6.52. The van der Waals surface area contributed by atoms with Crippen molar-refractivity contribution in [3.63, 3.8) is 0 Å². The van der Waals surface area contributed by atoms with Gasteiger partial charge in [0.2, 0.25) is 0 Å². The van der Waals surface area contributed by atoms with Crippen molar-refractivity contribution in [2.45, 2.75) is 18.9 Å². The largest absolute Gasteiger partial charge is 0.492 e. The second-order valence-corrected chi connectivity index (χ2v) is 4.69. The maximum absolute atomic E-state index is 10.7. The SMILES string of the molecule is O=C(O)c1ccc(OCCN2CCCC2CO)cc1. The van der Waals surface area contributed by atoms with E-state index >= 15 is 0 Å². The number of carbonyl (C=O) groups is 1. The third-order valence-electron chi connectivity index (χ3n) is 3.46. The van der Waals surface area contributed by atoms with E-state index in [4.69, 9.17) is 9.84 Å². The first kappa shape index (κ1) is 13.8. The van der Waals surface area contributed by atoms with Gasteiger partial charge >= 0.3 is 5.97 Å². The summed E-state index contributed by atoms with van der Waals surface area (Å²) >= 11 is 0. The topological polar surface area (TPSA) is 70.0 Å². The molecule has 2 N–H and O–H groups in total. The quantitative estimate of drug-likeness (QED) is 0.809. The Morgan fingerprint density at radius 2 is 2.11 bits per heavy atom. The Balaban J connectivity index is 1.77. The number of carboxylic acid groups (broad SMARTS) is 1.